The standard InChI is InChI=1S/C24H26N4O3/c1-16-9-11-19(12-10-16)23(29)26-22-21(13-25-28(22)20-7-5-4-6-8-20)24(30)27-14-17(2)31-18(3)15-27/h4-13,17-18H,14-15H2,1-3H3,(H,26,29)/t17-,18-/m0/s1. The van der Waals surface area contributed by atoms with Crippen LogP contribution in [-0.4, -0.2) is 51.8 Å². The van der Waals surface area contributed by atoms with Gasteiger partial charge in [0.1, 0.15) is 11.4 Å². The van der Waals surface area contributed by atoms with Gasteiger partial charge in [-0.1, -0.05) is 35.9 Å². The first kappa shape index (κ1) is 20.8. The molecule has 7 heteroatoms. The summed E-state index contributed by atoms with van der Waals surface area (Å²) in [5, 5.41) is 7.34. The lowest BCUT2D eigenvalue weighted by Gasteiger charge is -2.35. The zero-order chi connectivity index (χ0) is 22.0. The molecule has 1 aliphatic rings. The molecule has 31 heavy (non-hydrogen) atoms. The zero-order valence-electron chi connectivity index (χ0n) is 17.9. The summed E-state index contributed by atoms with van der Waals surface area (Å²) in [6, 6.07) is 16.7. The van der Waals surface area contributed by atoms with Gasteiger partial charge in [-0.05, 0) is 45.0 Å². The van der Waals surface area contributed by atoms with Crippen molar-refractivity contribution < 1.29 is 14.3 Å². The van der Waals surface area contributed by atoms with Crippen LogP contribution in [0.1, 0.15) is 40.1 Å². The van der Waals surface area contributed by atoms with Crippen molar-refractivity contribution in [2.75, 3.05) is 18.4 Å². The molecule has 1 aliphatic heterocycles. The van der Waals surface area contributed by atoms with Crippen LogP contribution in [0.25, 0.3) is 5.69 Å². The summed E-state index contributed by atoms with van der Waals surface area (Å²) < 4.78 is 7.34. The summed E-state index contributed by atoms with van der Waals surface area (Å²) in [5.74, 6) is -0.118. The minimum Gasteiger partial charge on any atom is -0.372 e. The smallest absolute Gasteiger partial charge is 0.259 e. The highest BCUT2D eigenvalue weighted by molar-refractivity contribution is 6.08. The molecule has 0 spiro atoms. The molecule has 2 amide bonds. The number of rotatable bonds is 4. The van der Waals surface area contributed by atoms with E-state index in [1.165, 1.54) is 6.20 Å². The summed E-state index contributed by atoms with van der Waals surface area (Å²) >= 11 is 0. The Morgan fingerprint density at radius 2 is 1.65 bits per heavy atom. The molecule has 3 aromatic rings. The van der Waals surface area contributed by atoms with Gasteiger partial charge in [-0.15, -0.1) is 0 Å². The van der Waals surface area contributed by atoms with Gasteiger partial charge < -0.3 is 15.0 Å². The van der Waals surface area contributed by atoms with E-state index < -0.39 is 0 Å². The molecule has 0 saturated carbocycles. The fourth-order valence-corrected chi connectivity index (χ4v) is 3.79. The predicted molar refractivity (Wildman–Crippen MR) is 119 cm³/mol. The van der Waals surface area contributed by atoms with Gasteiger partial charge in [0.25, 0.3) is 11.8 Å². The van der Waals surface area contributed by atoms with E-state index in [1.807, 2.05) is 63.2 Å². The summed E-state index contributed by atoms with van der Waals surface area (Å²) in [6.07, 6.45) is 1.41. The van der Waals surface area contributed by atoms with Crippen LogP contribution in [0.4, 0.5) is 5.82 Å². The van der Waals surface area contributed by atoms with E-state index in [9.17, 15) is 9.59 Å². The number of aryl methyl sites for hydroxylation is 1. The lowest BCUT2D eigenvalue weighted by Crippen LogP contribution is -2.48. The second kappa shape index (κ2) is 8.73. The number of carbonyl (C=O) groups is 2. The number of para-hydroxylation sites is 1. The van der Waals surface area contributed by atoms with Crippen molar-refractivity contribution in [1.82, 2.24) is 14.7 Å². The molecule has 1 saturated heterocycles. The predicted octanol–water partition coefficient (Wildman–Crippen LogP) is 3.68. The Kier molecular flexibility index (Phi) is 5.86. The lowest BCUT2D eigenvalue weighted by atomic mass is 10.1. The molecular weight excluding hydrogens is 392 g/mol. The van der Waals surface area contributed by atoms with Crippen LogP contribution in [0.2, 0.25) is 0 Å². The van der Waals surface area contributed by atoms with Crippen molar-refractivity contribution in [3.05, 3.63) is 77.5 Å². The number of anilines is 1. The Bertz CT molecular complexity index is 1070. The Hall–Kier alpha value is -3.45. The van der Waals surface area contributed by atoms with E-state index >= 15 is 0 Å². The Morgan fingerprint density at radius 3 is 2.29 bits per heavy atom. The van der Waals surface area contributed by atoms with E-state index in [-0.39, 0.29) is 24.0 Å². The Labute approximate surface area is 181 Å². The number of carbonyl (C=O) groups excluding carboxylic acids is 2. The molecule has 160 valence electrons. The highest BCUT2D eigenvalue weighted by Crippen LogP contribution is 2.24. The summed E-state index contributed by atoms with van der Waals surface area (Å²) in [7, 11) is 0. The van der Waals surface area contributed by atoms with Gasteiger partial charge in [0.2, 0.25) is 0 Å². The largest absolute Gasteiger partial charge is 0.372 e. The summed E-state index contributed by atoms with van der Waals surface area (Å²) in [5.41, 5.74) is 2.69. The lowest BCUT2D eigenvalue weighted by molar-refractivity contribution is -0.0585. The minimum absolute atomic E-state index is 0.0533. The Morgan fingerprint density at radius 1 is 1.00 bits per heavy atom. The second-order valence-corrected chi connectivity index (χ2v) is 7.94. The number of nitrogens with one attached hydrogen (secondary N) is 1. The average molecular weight is 418 g/mol. The molecule has 2 atom stereocenters. The van der Waals surface area contributed by atoms with Crippen LogP contribution in [0.15, 0.2) is 60.8 Å². The van der Waals surface area contributed by atoms with Crippen LogP contribution in [0.3, 0.4) is 0 Å². The third kappa shape index (κ3) is 4.51. The van der Waals surface area contributed by atoms with Crippen LogP contribution in [0, 0.1) is 6.92 Å². The maximum atomic E-state index is 13.4. The van der Waals surface area contributed by atoms with Gasteiger partial charge in [0.15, 0.2) is 0 Å². The highest BCUT2D eigenvalue weighted by atomic mass is 16.5. The maximum absolute atomic E-state index is 13.4. The molecule has 4 rings (SSSR count). The first-order chi connectivity index (χ1) is 14.9. The molecule has 0 radical (unpaired) electrons. The number of hydrogen-bond acceptors (Lipinski definition) is 4. The fourth-order valence-electron chi connectivity index (χ4n) is 3.79. The number of aromatic nitrogens is 2. The Balaban J connectivity index is 1.70. The molecule has 7 nitrogen and oxygen atoms in total. The molecule has 1 aromatic heterocycles. The molecular formula is C24H26N4O3. The van der Waals surface area contributed by atoms with Gasteiger partial charge >= 0.3 is 0 Å². The highest BCUT2D eigenvalue weighted by Gasteiger charge is 2.30. The maximum Gasteiger partial charge on any atom is 0.259 e. The van der Waals surface area contributed by atoms with Gasteiger partial charge in [-0.25, -0.2) is 4.68 Å². The number of benzene rings is 2. The van der Waals surface area contributed by atoms with E-state index in [4.69, 9.17) is 4.74 Å². The molecule has 0 aliphatic carbocycles. The van der Waals surface area contributed by atoms with Crippen LogP contribution in [-0.2, 0) is 4.74 Å². The molecule has 1 N–H and O–H groups in total. The third-order valence-corrected chi connectivity index (χ3v) is 5.25. The monoisotopic (exact) mass is 418 g/mol. The first-order valence-electron chi connectivity index (χ1n) is 10.4. The summed E-state index contributed by atoms with van der Waals surface area (Å²) in [4.78, 5) is 28.1. The van der Waals surface area contributed by atoms with E-state index in [2.05, 4.69) is 10.4 Å². The molecule has 2 aromatic carbocycles. The minimum atomic E-state index is -0.296. The second-order valence-electron chi connectivity index (χ2n) is 7.94. The third-order valence-electron chi connectivity index (χ3n) is 5.25. The van der Waals surface area contributed by atoms with Crippen molar-refractivity contribution in [3.8, 4) is 5.69 Å². The number of amides is 2. The van der Waals surface area contributed by atoms with Gasteiger partial charge in [-0.3, -0.25) is 9.59 Å². The number of nitrogens with zero attached hydrogens (tertiary/aromatic N) is 3. The number of ether oxygens (including phenoxy) is 1. The number of hydrogen-bond donors (Lipinski definition) is 1. The van der Waals surface area contributed by atoms with E-state index in [1.54, 1.807) is 21.7 Å². The first-order valence-corrected chi connectivity index (χ1v) is 10.4. The summed E-state index contributed by atoms with van der Waals surface area (Å²) in [6.45, 7) is 6.84. The van der Waals surface area contributed by atoms with Gasteiger partial charge in [-0.2, -0.15) is 5.10 Å². The normalized spacial score (nSPS) is 18.6. The average Bonchev–Trinajstić information content (AvgIpc) is 3.17. The van der Waals surface area contributed by atoms with Crippen LogP contribution < -0.4 is 5.32 Å². The van der Waals surface area contributed by atoms with Crippen molar-refractivity contribution in [1.29, 1.82) is 0 Å². The van der Waals surface area contributed by atoms with Crippen LogP contribution >= 0.6 is 0 Å². The SMILES string of the molecule is Cc1ccc(C(=O)Nc2c(C(=O)N3C[C@H](C)O[C@@H](C)C3)cnn2-c2ccccc2)cc1. The van der Waals surface area contributed by atoms with Crippen molar-refractivity contribution in [2.24, 2.45) is 0 Å². The van der Waals surface area contributed by atoms with Gasteiger partial charge in [0.05, 0.1) is 24.1 Å². The quantitative estimate of drug-likeness (QED) is 0.701. The van der Waals surface area contributed by atoms with E-state index in [0.717, 1.165) is 11.3 Å². The van der Waals surface area contributed by atoms with Crippen molar-refractivity contribution in [3.63, 3.8) is 0 Å². The molecule has 2 heterocycles. The molecule has 0 unspecified atom stereocenters. The topological polar surface area (TPSA) is 76.5 Å². The fraction of sp³-hybridized carbons (Fsp3) is 0.292. The molecule has 1 fully saturated rings. The van der Waals surface area contributed by atoms with E-state index in [0.29, 0.717) is 30.0 Å². The molecule has 0 bridgehead atoms. The number of morpholine rings is 1. The zero-order valence-corrected chi connectivity index (χ0v) is 17.9. The van der Waals surface area contributed by atoms with Crippen molar-refractivity contribution >= 4 is 17.6 Å². The van der Waals surface area contributed by atoms with Gasteiger partial charge in [0, 0.05) is 18.7 Å². The van der Waals surface area contributed by atoms with Crippen LogP contribution in [0.5, 0.6) is 0 Å². The van der Waals surface area contributed by atoms with Crippen molar-refractivity contribution in [2.45, 2.75) is 33.0 Å².